The number of ether oxygens (including phenoxy) is 5. The van der Waals surface area contributed by atoms with Crippen molar-refractivity contribution in [2.24, 2.45) is 5.41 Å². The van der Waals surface area contributed by atoms with Gasteiger partial charge in [0.1, 0.15) is 11.4 Å². The summed E-state index contributed by atoms with van der Waals surface area (Å²) in [6.07, 6.45) is 0.870. The van der Waals surface area contributed by atoms with E-state index in [0.717, 1.165) is 16.9 Å². The van der Waals surface area contributed by atoms with Crippen LogP contribution >= 0.6 is 0 Å². The molecule has 8 nitrogen and oxygen atoms in total. The lowest BCUT2D eigenvalue weighted by Gasteiger charge is -2.50. The summed E-state index contributed by atoms with van der Waals surface area (Å²) in [6.45, 7) is 19.9. The summed E-state index contributed by atoms with van der Waals surface area (Å²) in [5.41, 5.74) is 0.440. The molecule has 0 radical (unpaired) electrons. The third kappa shape index (κ3) is 10.1. The Morgan fingerprint density at radius 1 is 0.979 bits per heavy atom. The second-order valence-electron chi connectivity index (χ2n) is 14.9. The highest BCUT2D eigenvalue weighted by molar-refractivity contribution is 6.74. The quantitative estimate of drug-likeness (QED) is 0.108. The zero-order valence-corrected chi connectivity index (χ0v) is 31.3. The number of benzene rings is 2. The Morgan fingerprint density at radius 2 is 1.57 bits per heavy atom. The van der Waals surface area contributed by atoms with Crippen molar-refractivity contribution >= 4 is 20.1 Å². The molecule has 3 unspecified atom stereocenters. The molecule has 0 spiro atoms. The van der Waals surface area contributed by atoms with Crippen LogP contribution in [0.1, 0.15) is 72.4 Å². The van der Waals surface area contributed by atoms with Crippen LogP contribution in [-0.2, 0) is 46.2 Å². The average Bonchev–Trinajstić information content (AvgIpc) is 3.03. The first-order chi connectivity index (χ1) is 21.9. The molecule has 1 aliphatic heterocycles. The average molecular weight is 669 g/mol. The molecule has 1 heterocycles. The first-order valence-corrected chi connectivity index (χ1v) is 19.4. The summed E-state index contributed by atoms with van der Waals surface area (Å²) in [7, 11) is 0.823. The molecule has 3 rings (SSSR count). The van der Waals surface area contributed by atoms with Crippen LogP contribution < -0.4 is 4.74 Å². The Labute approximate surface area is 283 Å². The van der Waals surface area contributed by atoms with E-state index >= 15 is 0 Å². The van der Waals surface area contributed by atoms with Crippen LogP contribution in [-0.4, -0.2) is 64.8 Å². The molecule has 47 heavy (non-hydrogen) atoms. The van der Waals surface area contributed by atoms with Gasteiger partial charge in [-0.05, 0) is 55.2 Å². The van der Waals surface area contributed by atoms with Gasteiger partial charge >= 0.3 is 5.97 Å². The molecule has 4 atom stereocenters. The van der Waals surface area contributed by atoms with Crippen molar-refractivity contribution in [3.05, 3.63) is 77.4 Å². The van der Waals surface area contributed by atoms with E-state index in [1.807, 2.05) is 82.3 Å². The second-order valence-corrected chi connectivity index (χ2v) is 19.7. The van der Waals surface area contributed by atoms with Gasteiger partial charge < -0.3 is 28.1 Å². The number of hydrogen-bond acceptors (Lipinski definition) is 8. The van der Waals surface area contributed by atoms with Gasteiger partial charge in [-0.1, -0.05) is 77.1 Å². The van der Waals surface area contributed by atoms with Crippen LogP contribution in [0, 0.1) is 5.41 Å². The maximum Gasteiger partial charge on any atom is 0.330 e. The molecule has 1 fully saturated rings. The maximum absolute atomic E-state index is 14.1. The molecule has 260 valence electrons. The lowest BCUT2D eigenvalue weighted by atomic mass is 9.69. The Morgan fingerprint density at radius 3 is 2.15 bits per heavy atom. The topological polar surface area (TPSA) is 89.5 Å². The first-order valence-electron chi connectivity index (χ1n) is 16.5. The molecular weight excluding hydrogens is 612 g/mol. The molecule has 1 saturated heterocycles. The van der Waals surface area contributed by atoms with Gasteiger partial charge in [-0.3, -0.25) is 4.79 Å². The van der Waals surface area contributed by atoms with Gasteiger partial charge in [0, 0.05) is 36.5 Å². The molecule has 0 saturated carbocycles. The number of Topliss-reactive ketones (excluding diaryl/α,β-unsaturated/α-hetero) is 1. The molecule has 2 aromatic carbocycles. The van der Waals surface area contributed by atoms with E-state index < -0.39 is 31.4 Å². The fourth-order valence-electron chi connectivity index (χ4n) is 5.20. The fourth-order valence-corrected chi connectivity index (χ4v) is 6.36. The van der Waals surface area contributed by atoms with Crippen molar-refractivity contribution in [3.63, 3.8) is 0 Å². The molecule has 0 N–H and O–H groups in total. The van der Waals surface area contributed by atoms with Crippen LogP contribution in [0.3, 0.4) is 0 Å². The van der Waals surface area contributed by atoms with E-state index in [-0.39, 0.29) is 29.5 Å². The number of hydrogen-bond donors (Lipinski definition) is 0. The molecule has 1 aliphatic rings. The van der Waals surface area contributed by atoms with Crippen LogP contribution in [0.25, 0.3) is 0 Å². The lowest BCUT2D eigenvalue weighted by molar-refractivity contribution is -0.192. The van der Waals surface area contributed by atoms with Gasteiger partial charge in [0.15, 0.2) is 14.1 Å². The standard InChI is InChI=1S/C38H56O8Si/c1-27(43-24-28-15-13-12-14-16-28)33(44-25-29-17-19-31(41-8)20-18-29)23-32-21-30(22-34(39)42-9)35(40)38(7,46-32)37(5,6)26-45-47(10,11)36(2,3)4/h12-20,22,27,32-33H,21,23-26H2,1-11H3/b30-22+/t27-,32?,33?,38?/m0/s1. The Hall–Kier alpha value is -2.82. The molecule has 9 heteroatoms. The summed E-state index contributed by atoms with van der Waals surface area (Å²) < 4.78 is 36.6. The monoisotopic (exact) mass is 668 g/mol. The number of carbonyl (C=O) groups is 2. The van der Waals surface area contributed by atoms with E-state index in [9.17, 15) is 9.59 Å². The van der Waals surface area contributed by atoms with Gasteiger partial charge in [0.25, 0.3) is 0 Å². The van der Waals surface area contributed by atoms with Gasteiger partial charge in [0.05, 0.1) is 45.7 Å². The number of esters is 1. The van der Waals surface area contributed by atoms with E-state index in [1.165, 1.54) is 13.2 Å². The third-order valence-electron chi connectivity index (χ3n) is 9.96. The highest BCUT2D eigenvalue weighted by Gasteiger charge is 2.54. The van der Waals surface area contributed by atoms with E-state index in [0.29, 0.717) is 31.8 Å². The minimum Gasteiger partial charge on any atom is -0.497 e. The minimum absolute atomic E-state index is 0.00420. The van der Waals surface area contributed by atoms with E-state index in [1.54, 1.807) is 7.11 Å². The minimum atomic E-state index is -2.13. The Balaban J connectivity index is 1.91. The zero-order chi connectivity index (χ0) is 35.0. The van der Waals surface area contributed by atoms with Crippen LogP contribution in [0.15, 0.2) is 66.2 Å². The van der Waals surface area contributed by atoms with Crippen molar-refractivity contribution in [3.8, 4) is 5.75 Å². The molecular formula is C38H56O8Si. The zero-order valence-electron chi connectivity index (χ0n) is 30.3. The molecule has 0 aliphatic carbocycles. The van der Waals surface area contributed by atoms with Crippen molar-refractivity contribution < 1.29 is 37.7 Å². The Kier molecular flexibility index (Phi) is 13.2. The second kappa shape index (κ2) is 16.1. The van der Waals surface area contributed by atoms with Gasteiger partial charge in [-0.2, -0.15) is 0 Å². The summed E-state index contributed by atoms with van der Waals surface area (Å²) in [5, 5.41) is 0.00420. The van der Waals surface area contributed by atoms with E-state index in [2.05, 4.69) is 33.9 Å². The van der Waals surface area contributed by atoms with E-state index in [4.69, 9.17) is 28.1 Å². The molecule has 2 aromatic rings. The van der Waals surface area contributed by atoms with Crippen LogP contribution in [0.4, 0.5) is 0 Å². The summed E-state index contributed by atoms with van der Waals surface area (Å²) >= 11 is 0. The normalized spacial score (nSPS) is 21.4. The van der Waals surface area contributed by atoms with Crippen molar-refractivity contribution in [1.29, 1.82) is 0 Å². The number of rotatable bonds is 15. The maximum atomic E-state index is 14.1. The molecule has 0 amide bonds. The van der Waals surface area contributed by atoms with Gasteiger partial charge in [-0.15, -0.1) is 0 Å². The fraction of sp³-hybridized carbons (Fsp3) is 0.579. The molecule has 0 bridgehead atoms. The highest BCUT2D eigenvalue weighted by atomic mass is 28.4. The van der Waals surface area contributed by atoms with Crippen LogP contribution in [0.2, 0.25) is 18.1 Å². The predicted molar refractivity (Wildman–Crippen MR) is 187 cm³/mol. The van der Waals surface area contributed by atoms with Gasteiger partial charge in [0.2, 0.25) is 0 Å². The summed E-state index contributed by atoms with van der Waals surface area (Å²) in [6, 6.07) is 17.8. The van der Waals surface area contributed by atoms with Crippen molar-refractivity contribution in [2.75, 3.05) is 20.8 Å². The first kappa shape index (κ1) is 38.6. The highest BCUT2D eigenvalue weighted by Crippen LogP contribution is 2.45. The lowest BCUT2D eigenvalue weighted by Crippen LogP contribution is -2.59. The smallest absolute Gasteiger partial charge is 0.330 e. The number of methoxy groups -OCH3 is 2. The third-order valence-corrected chi connectivity index (χ3v) is 14.4. The predicted octanol–water partition coefficient (Wildman–Crippen LogP) is 7.84. The Bertz CT molecular complexity index is 1350. The molecule has 0 aromatic heterocycles. The number of carbonyl (C=O) groups excluding carboxylic acids is 2. The largest absolute Gasteiger partial charge is 0.497 e. The van der Waals surface area contributed by atoms with Gasteiger partial charge in [-0.25, -0.2) is 4.79 Å². The summed E-state index contributed by atoms with van der Waals surface area (Å²) in [5.74, 6) is -0.0277. The van der Waals surface area contributed by atoms with Crippen molar-refractivity contribution in [1.82, 2.24) is 0 Å². The van der Waals surface area contributed by atoms with Crippen molar-refractivity contribution in [2.45, 2.75) is 117 Å². The summed E-state index contributed by atoms with van der Waals surface area (Å²) in [4.78, 5) is 26.6. The van der Waals surface area contributed by atoms with Crippen LogP contribution in [0.5, 0.6) is 5.75 Å². The number of ketones is 1. The SMILES string of the molecule is COC(=O)/C=C1\CC(CC(OCc2ccc(OC)cc2)[C@H](C)OCc2ccccc2)OC(C)(C(C)(C)CO[Si](C)(C)C(C)(C)C)C1=O.